The third kappa shape index (κ3) is 32.4. The molecule has 2 unspecified atom stereocenters. The molecule has 0 amide bonds. The first-order valence-electron chi connectivity index (χ1n) is 17.4. The summed E-state index contributed by atoms with van der Waals surface area (Å²) in [6, 6.07) is 0. The maximum Gasteiger partial charge on any atom is 0.306 e. The molecule has 0 aromatic rings. The van der Waals surface area contributed by atoms with Crippen molar-refractivity contribution in [1.29, 1.82) is 0 Å². The van der Waals surface area contributed by atoms with Crippen LogP contribution >= 0.6 is 7.82 Å². The van der Waals surface area contributed by atoms with Crippen LogP contribution in [0.2, 0.25) is 0 Å². The molecule has 0 aromatic carbocycles. The summed E-state index contributed by atoms with van der Waals surface area (Å²) in [6.07, 6.45) is 27.2. The fraction of sp³-hybridized carbons (Fsp3) is 0.912. The van der Waals surface area contributed by atoms with Crippen molar-refractivity contribution in [2.75, 3.05) is 54.1 Å². The highest BCUT2D eigenvalue weighted by Gasteiger charge is 2.20. The predicted molar refractivity (Wildman–Crippen MR) is 176 cm³/mol. The summed E-state index contributed by atoms with van der Waals surface area (Å²) in [4.78, 5) is 24.4. The summed E-state index contributed by atoms with van der Waals surface area (Å²) in [7, 11) is 1.35. The van der Waals surface area contributed by atoms with Gasteiger partial charge in [-0.15, -0.1) is 0 Å². The van der Waals surface area contributed by atoms with E-state index in [2.05, 4.69) is 26.0 Å². The number of carbonyl (C=O) groups is 1. The highest BCUT2D eigenvalue weighted by atomic mass is 31.2. The van der Waals surface area contributed by atoms with Gasteiger partial charge in [-0.2, -0.15) is 0 Å². The number of phosphoric ester groups is 1. The van der Waals surface area contributed by atoms with Gasteiger partial charge in [0.2, 0.25) is 0 Å². The van der Waals surface area contributed by atoms with E-state index in [0.29, 0.717) is 24.1 Å². The van der Waals surface area contributed by atoms with Gasteiger partial charge >= 0.3 is 5.97 Å². The van der Waals surface area contributed by atoms with Crippen LogP contribution in [0.1, 0.15) is 142 Å². The minimum Gasteiger partial charge on any atom is -0.756 e. The Balaban J connectivity index is 4.00. The first-order valence-corrected chi connectivity index (χ1v) is 18.9. The molecule has 0 bridgehead atoms. The Labute approximate surface area is 265 Å². The van der Waals surface area contributed by atoms with Crippen molar-refractivity contribution in [2.24, 2.45) is 0 Å². The van der Waals surface area contributed by atoms with Gasteiger partial charge in [0.1, 0.15) is 19.3 Å². The second-order valence-electron chi connectivity index (χ2n) is 12.9. The molecule has 0 aliphatic carbocycles. The molecule has 9 heteroatoms. The first-order chi connectivity index (χ1) is 20.6. The number of allylic oxidation sites excluding steroid dienone is 2. The highest BCUT2D eigenvalue weighted by molar-refractivity contribution is 7.45. The first kappa shape index (κ1) is 42.2. The molecule has 2 atom stereocenters. The van der Waals surface area contributed by atoms with Crippen LogP contribution in [0.5, 0.6) is 0 Å². The Morgan fingerprint density at radius 1 is 0.698 bits per heavy atom. The number of phosphoric acid groups is 1. The Morgan fingerprint density at radius 2 is 1.21 bits per heavy atom. The van der Waals surface area contributed by atoms with Gasteiger partial charge in [-0.25, -0.2) is 0 Å². The second kappa shape index (κ2) is 28.7. The smallest absolute Gasteiger partial charge is 0.306 e. The number of likely N-dealkylation sites (N-methyl/N-ethyl adjacent to an activating group) is 1. The molecule has 0 aliphatic heterocycles. The molecule has 43 heavy (non-hydrogen) atoms. The van der Waals surface area contributed by atoms with E-state index >= 15 is 0 Å². The topological polar surface area (TPSA) is 94.1 Å². The number of ether oxygens (including phenoxy) is 2. The van der Waals surface area contributed by atoms with Crippen molar-refractivity contribution in [2.45, 2.75) is 148 Å². The van der Waals surface area contributed by atoms with Gasteiger partial charge in [0.15, 0.2) is 0 Å². The average Bonchev–Trinajstić information content (AvgIpc) is 2.94. The highest BCUT2D eigenvalue weighted by Crippen LogP contribution is 2.38. The molecule has 0 saturated heterocycles. The normalized spacial score (nSPS) is 14.3. The standard InChI is InChI=1S/C34H68NO7P/c1-6-8-10-11-12-13-14-15-16-17-18-19-20-21-22-23-24-26-29-39-31-33(42-34(36)27-25-9-7-2)32-41-43(37,38)40-30-28-35(3,4)5/h15-16,33H,6-14,17-32H2,1-5H3/b16-15-. The van der Waals surface area contributed by atoms with E-state index in [1.54, 1.807) is 0 Å². The van der Waals surface area contributed by atoms with Gasteiger partial charge < -0.3 is 27.9 Å². The van der Waals surface area contributed by atoms with E-state index in [0.717, 1.165) is 32.1 Å². The van der Waals surface area contributed by atoms with Crippen LogP contribution < -0.4 is 4.89 Å². The van der Waals surface area contributed by atoms with Crippen LogP contribution in [0.25, 0.3) is 0 Å². The lowest BCUT2D eigenvalue weighted by molar-refractivity contribution is -0.870. The number of esters is 1. The van der Waals surface area contributed by atoms with Crippen LogP contribution in [-0.2, 0) is 27.9 Å². The molecular weight excluding hydrogens is 565 g/mol. The quantitative estimate of drug-likeness (QED) is 0.0241. The van der Waals surface area contributed by atoms with Crippen molar-refractivity contribution in [1.82, 2.24) is 0 Å². The third-order valence-electron chi connectivity index (χ3n) is 7.32. The summed E-state index contributed by atoms with van der Waals surface area (Å²) >= 11 is 0. The Kier molecular flexibility index (Phi) is 28.2. The van der Waals surface area contributed by atoms with Gasteiger partial charge in [-0.05, 0) is 38.5 Å². The van der Waals surface area contributed by atoms with E-state index in [1.807, 2.05) is 21.1 Å². The number of rotatable bonds is 32. The molecule has 0 aliphatic rings. The molecule has 0 radical (unpaired) electrons. The molecule has 0 N–H and O–H groups in total. The van der Waals surface area contributed by atoms with Crippen LogP contribution in [-0.4, -0.2) is 70.7 Å². The lowest BCUT2D eigenvalue weighted by Gasteiger charge is -2.28. The SMILES string of the molecule is CCCCCCCC/C=C\CCCCCCCCCCOCC(COP(=O)([O-])OCC[N+](C)(C)C)OC(=O)CCCCC. The molecule has 0 rings (SSSR count). The Bertz CT molecular complexity index is 711. The molecule has 0 heterocycles. The zero-order valence-corrected chi connectivity index (χ0v) is 29.6. The maximum atomic E-state index is 12.2. The fourth-order valence-electron chi connectivity index (χ4n) is 4.54. The number of hydrogen-bond donors (Lipinski definition) is 0. The zero-order valence-electron chi connectivity index (χ0n) is 28.7. The van der Waals surface area contributed by atoms with E-state index in [9.17, 15) is 14.3 Å². The minimum absolute atomic E-state index is 0.0267. The van der Waals surface area contributed by atoms with E-state index < -0.39 is 13.9 Å². The van der Waals surface area contributed by atoms with Crippen molar-refractivity contribution in [3.05, 3.63) is 12.2 Å². The minimum atomic E-state index is -4.49. The summed E-state index contributed by atoms with van der Waals surface area (Å²) in [5.74, 6) is -0.360. The van der Waals surface area contributed by atoms with Crippen LogP contribution in [0, 0.1) is 0 Å². The van der Waals surface area contributed by atoms with Crippen molar-refractivity contribution >= 4 is 13.8 Å². The third-order valence-corrected chi connectivity index (χ3v) is 8.28. The van der Waals surface area contributed by atoms with Crippen molar-refractivity contribution < 1.29 is 37.3 Å². The monoisotopic (exact) mass is 633 g/mol. The summed E-state index contributed by atoms with van der Waals surface area (Å²) in [6.45, 7) is 5.22. The summed E-state index contributed by atoms with van der Waals surface area (Å²) < 4.78 is 34.0. The van der Waals surface area contributed by atoms with Crippen molar-refractivity contribution in [3.63, 3.8) is 0 Å². The zero-order chi connectivity index (χ0) is 32.1. The van der Waals surface area contributed by atoms with E-state index in [-0.39, 0.29) is 25.8 Å². The summed E-state index contributed by atoms with van der Waals surface area (Å²) in [5, 5.41) is 0. The molecule has 0 spiro atoms. The van der Waals surface area contributed by atoms with Gasteiger partial charge in [-0.3, -0.25) is 9.36 Å². The summed E-state index contributed by atoms with van der Waals surface area (Å²) in [5.41, 5.74) is 0. The number of nitrogens with zero attached hydrogens (tertiary/aromatic N) is 1. The molecule has 256 valence electrons. The Morgan fingerprint density at radius 3 is 1.77 bits per heavy atom. The van der Waals surface area contributed by atoms with Gasteiger partial charge in [0.05, 0.1) is 34.4 Å². The Hall–Kier alpha value is -0.760. The van der Waals surface area contributed by atoms with Crippen LogP contribution in [0.4, 0.5) is 0 Å². The number of carbonyl (C=O) groups excluding carboxylic acids is 1. The van der Waals surface area contributed by atoms with E-state index in [4.69, 9.17) is 18.5 Å². The van der Waals surface area contributed by atoms with Crippen LogP contribution in [0.3, 0.4) is 0 Å². The molecule has 8 nitrogen and oxygen atoms in total. The van der Waals surface area contributed by atoms with Gasteiger partial charge in [0.25, 0.3) is 7.82 Å². The lowest BCUT2D eigenvalue weighted by Crippen LogP contribution is -2.37. The van der Waals surface area contributed by atoms with Crippen molar-refractivity contribution in [3.8, 4) is 0 Å². The average molecular weight is 634 g/mol. The molecule has 0 aromatic heterocycles. The van der Waals surface area contributed by atoms with Gasteiger partial charge in [0, 0.05) is 13.0 Å². The number of unbranched alkanes of at least 4 members (excludes halogenated alkanes) is 16. The lowest BCUT2D eigenvalue weighted by atomic mass is 10.1. The largest absolute Gasteiger partial charge is 0.756 e. The fourth-order valence-corrected chi connectivity index (χ4v) is 5.27. The van der Waals surface area contributed by atoms with Gasteiger partial charge in [-0.1, -0.05) is 109 Å². The molecule has 0 fully saturated rings. The number of quaternary nitrogens is 1. The maximum absolute atomic E-state index is 12.2. The van der Waals surface area contributed by atoms with Crippen LogP contribution in [0.15, 0.2) is 12.2 Å². The number of hydrogen-bond acceptors (Lipinski definition) is 7. The van der Waals surface area contributed by atoms with E-state index in [1.165, 1.54) is 89.9 Å². The molecule has 0 saturated carbocycles. The molecular formula is C34H68NO7P. The second-order valence-corrected chi connectivity index (χ2v) is 14.3. The predicted octanol–water partition coefficient (Wildman–Crippen LogP) is 8.52.